The lowest BCUT2D eigenvalue weighted by Gasteiger charge is -2.39. The fourth-order valence-corrected chi connectivity index (χ4v) is 8.89. The van der Waals surface area contributed by atoms with Crippen LogP contribution in [-0.4, -0.2) is 81.5 Å². The van der Waals surface area contributed by atoms with Crippen molar-refractivity contribution in [1.82, 2.24) is 9.80 Å². The number of anilines is 1. The van der Waals surface area contributed by atoms with Gasteiger partial charge in [0.25, 0.3) is 5.91 Å². The van der Waals surface area contributed by atoms with E-state index in [2.05, 4.69) is 13.2 Å². The second kappa shape index (κ2) is 10.2. The van der Waals surface area contributed by atoms with Gasteiger partial charge in [0.05, 0.1) is 29.2 Å². The molecule has 5 rings (SSSR count). The van der Waals surface area contributed by atoms with E-state index in [4.69, 9.17) is 0 Å². The number of aliphatic hydroxyl groups is 1. The monoisotopic (exact) mass is 533 g/mol. The molecule has 2 aromatic carbocycles. The van der Waals surface area contributed by atoms with Gasteiger partial charge in [-0.25, -0.2) is 0 Å². The minimum Gasteiger partial charge on any atom is -0.394 e. The molecule has 2 unspecified atom stereocenters. The normalized spacial score (nSPS) is 28.3. The molecule has 6 atom stereocenters. The van der Waals surface area contributed by atoms with Gasteiger partial charge in [-0.2, -0.15) is 0 Å². The fraction of sp³-hybridized carbons (Fsp3) is 0.433. The van der Waals surface area contributed by atoms with E-state index in [0.29, 0.717) is 13.0 Å². The van der Waals surface area contributed by atoms with Crippen LogP contribution in [0.2, 0.25) is 0 Å². The van der Waals surface area contributed by atoms with Crippen LogP contribution in [0.25, 0.3) is 10.8 Å². The summed E-state index contributed by atoms with van der Waals surface area (Å²) in [7, 11) is 1.73. The van der Waals surface area contributed by atoms with Crippen LogP contribution in [0.3, 0.4) is 0 Å². The third-order valence-electron chi connectivity index (χ3n) is 8.40. The third kappa shape index (κ3) is 3.96. The molecule has 0 saturated carbocycles. The average molecular weight is 534 g/mol. The molecule has 2 aromatic rings. The van der Waals surface area contributed by atoms with Crippen LogP contribution >= 0.6 is 11.8 Å². The van der Waals surface area contributed by atoms with Crippen molar-refractivity contribution in [1.29, 1.82) is 0 Å². The number of hydrogen-bond donors (Lipinski definition) is 1. The second-order valence-corrected chi connectivity index (χ2v) is 12.2. The summed E-state index contributed by atoms with van der Waals surface area (Å²) < 4.78 is -0.714. The summed E-state index contributed by atoms with van der Waals surface area (Å²) in [4.78, 5) is 47.1. The summed E-state index contributed by atoms with van der Waals surface area (Å²) >= 11 is 1.64. The Morgan fingerprint density at radius 2 is 1.87 bits per heavy atom. The highest BCUT2D eigenvalue weighted by Crippen LogP contribution is 2.67. The van der Waals surface area contributed by atoms with Gasteiger partial charge >= 0.3 is 0 Å². The van der Waals surface area contributed by atoms with Crippen LogP contribution < -0.4 is 4.90 Å². The molecule has 8 heteroatoms. The number of aliphatic hydroxyl groups excluding tert-OH is 1. The lowest BCUT2D eigenvalue weighted by Crippen LogP contribution is -2.57. The molecule has 0 radical (unpaired) electrons. The quantitative estimate of drug-likeness (QED) is 0.500. The summed E-state index contributed by atoms with van der Waals surface area (Å²) in [6.45, 7) is 9.81. The highest BCUT2D eigenvalue weighted by Gasteiger charge is 2.74. The van der Waals surface area contributed by atoms with Crippen molar-refractivity contribution in [3.05, 3.63) is 67.8 Å². The average Bonchev–Trinajstić information content (AvgIpc) is 3.57. The van der Waals surface area contributed by atoms with Gasteiger partial charge in [-0.15, -0.1) is 24.9 Å². The van der Waals surface area contributed by atoms with Crippen molar-refractivity contribution >= 4 is 45.9 Å². The largest absolute Gasteiger partial charge is 0.394 e. The Hall–Kier alpha value is -3.10. The van der Waals surface area contributed by atoms with Crippen molar-refractivity contribution in [2.75, 3.05) is 31.6 Å². The standard InChI is InChI=1S/C30H35N3O4S/c1-5-15-31(4)27(35)24-23-13-14-30(38-23)25(24)28(36)33(19(3)18-34)26(30)29(37)32(16-6-2)22-12-11-20-9-7-8-10-21(20)17-22/h5-12,17,19,23-26,34H,1-2,13-16,18H2,3-4H3/t19-,23-,24+,25+,26?,30?/m1/s1. The zero-order valence-corrected chi connectivity index (χ0v) is 22.8. The first-order chi connectivity index (χ1) is 18.3. The molecule has 1 spiro atoms. The van der Waals surface area contributed by atoms with E-state index >= 15 is 0 Å². The van der Waals surface area contributed by atoms with Gasteiger partial charge < -0.3 is 19.8 Å². The number of nitrogens with zero attached hydrogens (tertiary/aromatic N) is 3. The summed E-state index contributed by atoms with van der Waals surface area (Å²) in [6.07, 6.45) is 4.82. The molecule has 1 N–H and O–H groups in total. The van der Waals surface area contributed by atoms with Crippen molar-refractivity contribution < 1.29 is 19.5 Å². The van der Waals surface area contributed by atoms with Crippen molar-refractivity contribution in [2.45, 2.75) is 41.8 Å². The van der Waals surface area contributed by atoms with Gasteiger partial charge in [0.15, 0.2) is 0 Å². The molecular weight excluding hydrogens is 498 g/mol. The molecular formula is C30H35N3O4S. The number of likely N-dealkylation sites (tertiary alicyclic amines) is 1. The number of amides is 3. The van der Waals surface area contributed by atoms with E-state index in [-0.39, 0.29) is 36.1 Å². The molecule has 3 amide bonds. The first-order valence-corrected chi connectivity index (χ1v) is 14.0. The first-order valence-electron chi connectivity index (χ1n) is 13.2. The fourth-order valence-electron chi connectivity index (χ4n) is 6.70. The Morgan fingerprint density at radius 3 is 2.55 bits per heavy atom. The van der Waals surface area contributed by atoms with Crippen molar-refractivity contribution in [3.63, 3.8) is 0 Å². The van der Waals surface area contributed by atoms with E-state index < -0.39 is 28.7 Å². The lowest BCUT2D eigenvalue weighted by molar-refractivity contribution is -0.144. The van der Waals surface area contributed by atoms with E-state index in [1.807, 2.05) is 42.5 Å². The Morgan fingerprint density at radius 1 is 1.16 bits per heavy atom. The number of carbonyl (C=O) groups is 3. The molecule has 3 aliphatic heterocycles. The molecule has 3 fully saturated rings. The Bertz CT molecular complexity index is 1300. The van der Waals surface area contributed by atoms with Crippen molar-refractivity contribution in [3.8, 4) is 0 Å². The minimum absolute atomic E-state index is 0.0147. The highest BCUT2D eigenvalue weighted by atomic mass is 32.2. The summed E-state index contributed by atoms with van der Waals surface area (Å²) in [5.41, 5.74) is 0.730. The molecule has 0 aromatic heterocycles. The smallest absolute Gasteiger partial charge is 0.251 e. The summed E-state index contributed by atoms with van der Waals surface area (Å²) in [6, 6.07) is 12.5. The second-order valence-electron chi connectivity index (χ2n) is 10.6. The van der Waals surface area contributed by atoms with Crippen LogP contribution in [0.4, 0.5) is 5.69 Å². The number of likely N-dealkylation sites (N-methyl/N-ethyl adjacent to an activating group) is 1. The van der Waals surface area contributed by atoms with E-state index in [1.54, 1.807) is 52.6 Å². The van der Waals surface area contributed by atoms with Gasteiger partial charge in [0.2, 0.25) is 11.8 Å². The van der Waals surface area contributed by atoms with Crippen LogP contribution in [0.1, 0.15) is 19.8 Å². The lowest BCUT2D eigenvalue weighted by atomic mass is 9.70. The molecule has 38 heavy (non-hydrogen) atoms. The number of hydrogen-bond acceptors (Lipinski definition) is 5. The zero-order valence-electron chi connectivity index (χ0n) is 22.0. The molecule has 200 valence electrons. The van der Waals surface area contributed by atoms with Gasteiger partial charge in [0, 0.05) is 31.1 Å². The van der Waals surface area contributed by atoms with Gasteiger partial charge in [-0.1, -0.05) is 42.5 Å². The SMILES string of the molecule is C=CCN(C)C(=O)[C@@H]1[C@H]2C(=O)N([C@H](C)CO)C(C(=O)N(CC=C)c3ccc4ccccc4c3)C23CC[C@H]1S3. The summed E-state index contributed by atoms with van der Waals surface area (Å²) in [5.74, 6) is -1.58. The maximum Gasteiger partial charge on any atom is 0.251 e. The maximum atomic E-state index is 14.6. The third-order valence-corrected chi connectivity index (χ3v) is 10.3. The van der Waals surface area contributed by atoms with Crippen LogP contribution in [-0.2, 0) is 14.4 Å². The number of thioether (sulfide) groups is 1. The van der Waals surface area contributed by atoms with Crippen LogP contribution in [0.15, 0.2) is 67.8 Å². The number of benzene rings is 2. The van der Waals surface area contributed by atoms with Crippen LogP contribution in [0.5, 0.6) is 0 Å². The van der Waals surface area contributed by atoms with E-state index in [1.165, 1.54) is 0 Å². The predicted octanol–water partition coefficient (Wildman–Crippen LogP) is 3.48. The Balaban J connectivity index is 1.58. The maximum absolute atomic E-state index is 14.6. The number of carbonyl (C=O) groups excluding carboxylic acids is 3. The van der Waals surface area contributed by atoms with Crippen LogP contribution in [0, 0.1) is 11.8 Å². The topological polar surface area (TPSA) is 81.2 Å². The molecule has 3 saturated heterocycles. The Kier molecular flexibility index (Phi) is 7.13. The van der Waals surface area contributed by atoms with E-state index in [9.17, 15) is 19.5 Å². The summed E-state index contributed by atoms with van der Waals surface area (Å²) in [5, 5.41) is 12.2. The van der Waals surface area contributed by atoms with Gasteiger partial charge in [-0.3, -0.25) is 14.4 Å². The first kappa shape index (κ1) is 26.5. The number of fused-ring (bicyclic) bond motifs is 2. The molecule has 7 nitrogen and oxygen atoms in total. The number of rotatable bonds is 9. The Labute approximate surface area is 228 Å². The molecule has 3 heterocycles. The van der Waals surface area contributed by atoms with Crippen molar-refractivity contribution in [2.24, 2.45) is 11.8 Å². The van der Waals surface area contributed by atoms with Gasteiger partial charge in [-0.05, 0) is 42.7 Å². The highest BCUT2D eigenvalue weighted by molar-refractivity contribution is 8.02. The predicted molar refractivity (Wildman–Crippen MR) is 152 cm³/mol. The van der Waals surface area contributed by atoms with Gasteiger partial charge in [0.1, 0.15) is 6.04 Å². The van der Waals surface area contributed by atoms with E-state index in [0.717, 1.165) is 22.9 Å². The molecule has 3 aliphatic rings. The molecule has 0 aliphatic carbocycles. The molecule has 2 bridgehead atoms. The zero-order chi connectivity index (χ0) is 27.2. The minimum atomic E-state index is -0.786.